The normalized spacial score (nSPS) is 18.3. The zero-order valence-corrected chi connectivity index (χ0v) is 11.6. The van der Waals surface area contributed by atoms with E-state index in [1.165, 1.54) is 0 Å². The summed E-state index contributed by atoms with van der Waals surface area (Å²) in [6.45, 7) is 2.61. The number of aliphatic hydroxyl groups is 1. The lowest BCUT2D eigenvalue weighted by Crippen LogP contribution is -2.30. The van der Waals surface area contributed by atoms with Crippen LogP contribution in [0.15, 0.2) is 24.3 Å². The van der Waals surface area contributed by atoms with Crippen LogP contribution in [0.25, 0.3) is 0 Å². The number of amides is 2. The average molecular weight is 276 g/mol. The van der Waals surface area contributed by atoms with Gasteiger partial charge in [-0.1, -0.05) is 25.1 Å². The van der Waals surface area contributed by atoms with Crippen LogP contribution >= 0.6 is 0 Å². The van der Waals surface area contributed by atoms with Gasteiger partial charge in [0.1, 0.15) is 0 Å². The molecule has 0 aromatic heterocycles. The summed E-state index contributed by atoms with van der Waals surface area (Å²) in [4.78, 5) is 23.8. The van der Waals surface area contributed by atoms with E-state index < -0.39 is 5.92 Å². The van der Waals surface area contributed by atoms with E-state index in [1.54, 1.807) is 0 Å². The number of rotatable bonds is 6. The number of anilines is 1. The van der Waals surface area contributed by atoms with Gasteiger partial charge < -0.3 is 15.7 Å². The molecule has 1 heterocycles. The summed E-state index contributed by atoms with van der Waals surface area (Å²) in [5.74, 6) is -0.426. The molecule has 0 saturated heterocycles. The van der Waals surface area contributed by atoms with Crippen LogP contribution in [0.1, 0.15) is 31.2 Å². The molecule has 0 radical (unpaired) electrons. The van der Waals surface area contributed by atoms with Crippen LogP contribution in [0.5, 0.6) is 0 Å². The molecule has 1 aliphatic heterocycles. The third-order valence-corrected chi connectivity index (χ3v) is 3.57. The van der Waals surface area contributed by atoms with Crippen molar-refractivity contribution in [1.82, 2.24) is 5.32 Å². The van der Waals surface area contributed by atoms with Crippen LogP contribution in [0, 0.1) is 5.92 Å². The Morgan fingerprint density at radius 1 is 1.45 bits per heavy atom. The Balaban J connectivity index is 1.90. The van der Waals surface area contributed by atoms with Crippen molar-refractivity contribution in [3.63, 3.8) is 0 Å². The maximum atomic E-state index is 11.9. The quantitative estimate of drug-likeness (QED) is 0.731. The van der Waals surface area contributed by atoms with Crippen molar-refractivity contribution in [2.45, 2.75) is 25.7 Å². The highest BCUT2D eigenvalue weighted by atomic mass is 16.3. The summed E-state index contributed by atoms with van der Waals surface area (Å²) in [6, 6.07) is 7.44. The number of carbonyl (C=O) groups excluding carboxylic acids is 2. The first-order valence-electron chi connectivity index (χ1n) is 6.89. The lowest BCUT2D eigenvalue weighted by Gasteiger charge is -2.13. The summed E-state index contributed by atoms with van der Waals surface area (Å²) in [5, 5.41) is 14.4. The molecule has 3 N–H and O–H groups in total. The van der Waals surface area contributed by atoms with Gasteiger partial charge in [-0.2, -0.15) is 0 Å². The van der Waals surface area contributed by atoms with E-state index in [9.17, 15) is 9.59 Å². The Morgan fingerprint density at radius 3 is 2.95 bits per heavy atom. The summed E-state index contributed by atoms with van der Waals surface area (Å²) < 4.78 is 0. The number of hydrogen-bond acceptors (Lipinski definition) is 3. The Hall–Kier alpha value is -1.88. The molecule has 20 heavy (non-hydrogen) atoms. The highest BCUT2D eigenvalue weighted by molar-refractivity contribution is 6.04. The number of hydrogen-bond donors (Lipinski definition) is 3. The van der Waals surface area contributed by atoms with Crippen molar-refractivity contribution in [1.29, 1.82) is 0 Å². The van der Waals surface area contributed by atoms with E-state index in [2.05, 4.69) is 10.6 Å². The standard InChI is InChI=1S/C15H20N2O3/c1-10(6-7-18)9-16-14(19)8-12-11-4-2-3-5-13(11)17-15(12)20/h2-5,10,12,18H,6-9H2,1H3,(H,16,19)(H,17,20). The first kappa shape index (κ1) is 14.5. The molecule has 1 aliphatic rings. The molecule has 0 spiro atoms. The molecule has 1 aromatic rings. The van der Waals surface area contributed by atoms with Crippen molar-refractivity contribution >= 4 is 17.5 Å². The van der Waals surface area contributed by atoms with Crippen LogP contribution in [0.4, 0.5) is 5.69 Å². The third-order valence-electron chi connectivity index (χ3n) is 3.57. The van der Waals surface area contributed by atoms with Crippen molar-refractivity contribution in [2.24, 2.45) is 5.92 Å². The first-order chi connectivity index (χ1) is 9.61. The van der Waals surface area contributed by atoms with Gasteiger partial charge in [0.25, 0.3) is 0 Å². The van der Waals surface area contributed by atoms with E-state index >= 15 is 0 Å². The molecule has 0 saturated carbocycles. The third kappa shape index (κ3) is 3.36. The SMILES string of the molecule is CC(CCO)CNC(=O)CC1C(=O)Nc2ccccc21. The molecular weight excluding hydrogens is 256 g/mol. The lowest BCUT2D eigenvalue weighted by atomic mass is 9.97. The Labute approximate surface area is 118 Å². The molecule has 2 amide bonds. The van der Waals surface area contributed by atoms with Gasteiger partial charge in [0.2, 0.25) is 11.8 Å². The number of aliphatic hydroxyl groups excluding tert-OH is 1. The van der Waals surface area contributed by atoms with Crippen LogP contribution in [0.2, 0.25) is 0 Å². The van der Waals surface area contributed by atoms with Crippen LogP contribution in [0.3, 0.4) is 0 Å². The van der Waals surface area contributed by atoms with Crippen LogP contribution in [-0.4, -0.2) is 30.1 Å². The summed E-state index contributed by atoms with van der Waals surface area (Å²) in [6.07, 6.45) is 0.821. The van der Waals surface area contributed by atoms with Gasteiger partial charge in [-0.05, 0) is 24.0 Å². The van der Waals surface area contributed by atoms with Gasteiger partial charge in [0, 0.05) is 25.3 Å². The lowest BCUT2D eigenvalue weighted by molar-refractivity contribution is -0.125. The Kier molecular flexibility index (Phi) is 4.74. The summed E-state index contributed by atoms with van der Waals surface area (Å²) >= 11 is 0. The van der Waals surface area contributed by atoms with Crippen LogP contribution in [-0.2, 0) is 9.59 Å². The minimum Gasteiger partial charge on any atom is -0.396 e. The van der Waals surface area contributed by atoms with Gasteiger partial charge >= 0.3 is 0 Å². The molecular formula is C15H20N2O3. The predicted molar refractivity (Wildman–Crippen MR) is 76.3 cm³/mol. The monoisotopic (exact) mass is 276 g/mol. The van der Waals surface area contributed by atoms with Crippen LogP contribution < -0.4 is 10.6 Å². The number of nitrogens with one attached hydrogen (secondary N) is 2. The smallest absolute Gasteiger partial charge is 0.232 e. The minimum atomic E-state index is -0.403. The molecule has 108 valence electrons. The molecule has 2 rings (SSSR count). The second-order valence-electron chi connectivity index (χ2n) is 5.25. The fourth-order valence-corrected chi connectivity index (χ4v) is 2.35. The van der Waals surface area contributed by atoms with Gasteiger partial charge in [0.15, 0.2) is 0 Å². The first-order valence-corrected chi connectivity index (χ1v) is 6.89. The molecule has 2 unspecified atom stereocenters. The molecule has 2 atom stereocenters. The zero-order chi connectivity index (χ0) is 14.5. The summed E-state index contributed by atoms with van der Waals surface area (Å²) in [7, 11) is 0. The maximum absolute atomic E-state index is 11.9. The largest absolute Gasteiger partial charge is 0.396 e. The average Bonchev–Trinajstić information content (AvgIpc) is 2.73. The fourth-order valence-electron chi connectivity index (χ4n) is 2.35. The van der Waals surface area contributed by atoms with Gasteiger partial charge in [-0.25, -0.2) is 0 Å². The van der Waals surface area contributed by atoms with Gasteiger partial charge in [0.05, 0.1) is 5.92 Å². The maximum Gasteiger partial charge on any atom is 0.232 e. The zero-order valence-electron chi connectivity index (χ0n) is 11.6. The van der Waals surface area contributed by atoms with Gasteiger partial charge in [-0.15, -0.1) is 0 Å². The highest BCUT2D eigenvalue weighted by Gasteiger charge is 2.31. The minimum absolute atomic E-state index is 0.120. The number of carbonyl (C=O) groups is 2. The molecule has 0 bridgehead atoms. The van der Waals surface area contributed by atoms with E-state index in [0.717, 1.165) is 11.3 Å². The van der Waals surface area contributed by atoms with Crippen molar-refractivity contribution < 1.29 is 14.7 Å². The number of para-hydroxylation sites is 1. The van der Waals surface area contributed by atoms with Crippen molar-refractivity contribution in [3.8, 4) is 0 Å². The van der Waals surface area contributed by atoms with E-state index in [1.807, 2.05) is 31.2 Å². The van der Waals surface area contributed by atoms with Crippen molar-refractivity contribution in [3.05, 3.63) is 29.8 Å². The fraction of sp³-hybridized carbons (Fsp3) is 0.467. The van der Waals surface area contributed by atoms with E-state index in [0.29, 0.717) is 13.0 Å². The molecule has 0 aliphatic carbocycles. The van der Waals surface area contributed by atoms with Crippen molar-refractivity contribution in [2.75, 3.05) is 18.5 Å². The predicted octanol–water partition coefficient (Wildman–Crippen LogP) is 1.25. The second kappa shape index (κ2) is 6.52. The number of benzene rings is 1. The van der Waals surface area contributed by atoms with Gasteiger partial charge in [-0.3, -0.25) is 9.59 Å². The molecule has 5 heteroatoms. The number of fused-ring (bicyclic) bond motifs is 1. The summed E-state index contributed by atoms with van der Waals surface area (Å²) in [5.41, 5.74) is 1.68. The Bertz CT molecular complexity index is 502. The molecule has 0 fully saturated rings. The van der Waals surface area contributed by atoms with E-state index in [4.69, 9.17) is 5.11 Å². The highest BCUT2D eigenvalue weighted by Crippen LogP contribution is 2.34. The molecule has 5 nitrogen and oxygen atoms in total. The van der Waals surface area contributed by atoms with E-state index in [-0.39, 0.29) is 30.8 Å². The Morgan fingerprint density at radius 2 is 2.20 bits per heavy atom. The molecule has 1 aromatic carbocycles. The topological polar surface area (TPSA) is 78.4 Å². The second-order valence-corrected chi connectivity index (χ2v) is 5.25.